The fraction of sp³-hybridized carbons (Fsp3) is 0.125. The van der Waals surface area contributed by atoms with Gasteiger partial charge < -0.3 is 10.4 Å². The molecule has 0 unspecified atom stereocenters. The van der Waals surface area contributed by atoms with Gasteiger partial charge in [0.1, 0.15) is 5.75 Å². The van der Waals surface area contributed by atoms with Gasteiger partial charge in [-0.05, 0) is 35.9 Å². The number of rotatable bonds is 1. The predicted molar refractivity (Wildman–Crippen MR) is 57.4 cm³/mol. The summed E-state index contributed by atoms with van der Waals surface area (Å²) in [6.07, 6.45) is 0. The fourth-order valence-corrected chi connectivity index (χ4v) is 0.794. The van der Waals surface area contributed by atoms with E-state index >= 15 is 0 Å². The quantitative estimate of drug-likeness (QED) is 0.434. The van der Waals surface area contributed by atoms with Crippen molar-refractivity contribution in [2.24, 2.45) is 4.99 Å². The van der Waals surface area contributed by atoms with Crippen LogP contribution in [-0.2, 0) is 0 Å². The van der Waals surface area contributed by atoms with E-state index in [1.165, 1.54) is 0 Å². The third kappa shape index (κ3) is 4.01. The lowest BCUT2D eigenvalue weighted by Gasteiger charge is -1.96. The summed E-state index contributed by atoms with van der Waals surface area (Å²) in [6.45, 7) is 0. The normalized spacial score (nSPS) is 10.5. The molecule has 0 spiro atoms. The van der Waals surface area contributed by atoms with Gasteiger partial charge in [0.15, 0.2) is 5.29 Å². The number of aromatic hydroxyl groups is 1. The highest BCUT2D eigenvalue weighted by Crippen LogP contribution is 2.16. The molecule has 0 atom stereocenters. The van der Waals surface area contributed by atoms with Gasteiger partial charge in [-0.1, -0.05) is 0 Å². The molecule has 0 aliphatic carbocycles. The van der Waals surface area contributed by atoms with Crippen molar-refractivity contribution in [1.29, 1.82) is 0 Å². The van der Waals surface area contributed by atoms with Crippen LogP contribution in [0.2, 0.25) is 0 Å². The van der Waals surface area contributed by atoms with E-state index in [0.29, 0.717) is 11.0 Å². The minimum Gasteiger partial charge on any atom is -0.508 e. The maximum absolute atomic E-state index is 8.95. The Morgan fingerprint density at radius 2 is 1.92 bits per heavy atom. The third-order valence-corrected chi connectivity index (χ3v) is 1.56. The minimum absolute atomic E-state index is 0. The molecule has 1 aromatic carbocycles. The lowest BCUT2D eigenvalue weighted by molar-refractivity contribution is 0.475. The van der Waals surface area contributed by atoms with E-state index in [-0.39, 0.29) is 18.2 Å². The Hall–Kier alpha value is -0.930. The van der Waals surface area contributed by atoms with E-state index in [2.05, 4.69) is 10.3 Å². The van der Waals surface area contributed by atoms with Crippen LogP contribution >= 0.6 is 24.0 Å². The number of hydrogen-bond donors (Lipinski definition) is 2. The van der Waals surface area contributed by atoms with Crippen LogP contribution in [0.25, 0.3) is 0 Å². The number of hydrogen-bond acceptors (Lipinski definition) is 2. The number of amidine groups is 1. The molecule has 13 heavy (non-hydrogen) atoms. The number of benzene rings is 1. The first kappa shape index (κ1) is 12.1. The standard InChI is InChI=1S/C8H9ClN2O.ClH/c1-10-8(9)11-6-2-4-7(12)5-3-6;/h2-5,12H,1H3,(H,10,11);1H. The molecular formula is C8H10Cl2N2O. The van der Waals surface area contributed by atoms with E-state index in [4.69, 9.17) is 16.7 Å². The number of halogens is 2. The molecule has 2 N–H and O–H groups in total. The van der Waals surface area contributed by atoms with Crippen LogP contribution in [0.4, 0.5) is 5.69 Å². The number of nitrogens with zero attached hydrogens (tertiary/aromatic N) is 1. The van der Waals surface area contributed by atoms with E-state index in [1.54, 1.807) is 31.3 Å². The van der Waals surface area contributed by atoms with Gasteiger partial charge in [-0.3, -0.25) is 0 Å². The SMILES string of the molecule is CNC(Cl)=Nc1ccc(O)cc1.Cl. The largest absolute Gasteiger partial charge is 0.508 e. The molecule has 1 rings (SSSR count). The maximum Gasteiger partial charge on any atom is 0.196 e. The van der Waals surface area contributed by atoms with Gasteiger partial charge in [-0.15, -0.1) is 12.4 Å². The van der Waals surface area contributed by atoms with Crippen LogP contribution < -0.4 is 5.32 Å². The van der Waals surface area contributed by atoms with Gasteiger partial charge in [0, 0.05) is 7.05 Å². The number of nitrogens with one attached hydrogen (secondary N) is 1. The Morgan fingerprint density at radius 1 is 1.38 bits per heavy atom. The molecule has 0 aliphatic rings. The zero-order valence-electron chi connectivity index (χ0n) is 6.99. The van der Waals surface area contributed by atoms with Crippen LogP contribution in [0.1, 0.15) is 0 Å². The summed E-state index contributed by atoms with van der Waals surface area (Å²) in [6, 6.07) is 6.46. The summed E-state index contributed by atoms with van der Waals surface area (Å²) in [7, 11) is 1.69. The molecule has 0 aromatic heterocycles. The van der Waals surface area contributed by atoms with Crippen LogP contribution in [0.3, 0.4) is 0 Å². The summed E-state index contributed by atoms with van der Waals surface area (Å²) in [5.74, 6) is 0.217. The Bertz CT molecular complexity index is 285. The van der Waals surface area contributed by atoms with Gasteiger partial charge in [-0.25, -0.2) is 4.99 Å². The highest BCUT2D eigenvalue weighted by molar-refractivity contribution is 6.64. The van der Waals surface area contributed by atoms with E-state index < -0.39 is 0 Å². The van der Waals surface area contributed by atoms with Crippen molar-refractivity contribution in [3.63, 3.8) is 0 Å². The summed E-state index contributed by atoms with van der Waals surface area (Å²) in [5.41, 5.74) is 0.701. The van der Waals surface area contributed by atoms with Crippen LogP contribution in [0.5, 0.6) is 5.75 Å². The molecular weight excluding hydrogens is 211 g/mol. The zero-order chi connectivity index (χ0) is 8.97. The molecule has 0 saturated carbocycles. The second-order valence-electron chi connectivity index (χ2n) is 2.17. The van der Waals surface area contributed by atoms with Crippen molar-refractivity contribution >= 4 is 35.0 Å². The van der Waals surface area contributed by atoms with Crippen molar-refractivity contribution in [2.45, 2.75) is 0 Å². The second-order valence-corrected chi connectivity index (χ2v) is 2.53. The van der Waals surface area contributed by atoms with Crippen molar-refractivity contribution < 1.29 is 5.11 Å². The molecule has 0 bridgehead atoms. The number of phenolic OH excluding ortho intramolecular Hbond substituents is 1. The smallest absolute Gasteiger partial charge is 0.196 e. The number of phenols is 1. The van der Waals surface area contributed by atoms with Crippen LogP contribution in [-0.4, -0.2) is 17.4 Å². The Labute approximate surface area is 87.9 Å². The molecule has 3 nitrogen and oxygen atoms in total. The van der Waals surface area contributed by atoms with Crippen LogP contribution in [0, 0.1) is 0 Å². The minimum atomic E-state index is 0. The van der Waals surface area contributed by atoms with E-state index in [1.807, 2.05) is 0 Å². The first-order valence-corrected chi connectivity index (χ1v) is 3.81. The molecule has 0 aliphatic heterocycles. The third-order valence-electron chi connectivity index (χ3n) is 1.28. The molecule has 0 heterocycles. The van der Waals surface area contributed by atoms with Gasteiger partial charge >= 0.3 is 0 Å². The Morgan fingerprint density at radius 3 is 2.38 bits per heavy atom. The van der Waals surface area contributed by atoms with Crippen molar-refractivity contribution in [3.8, 4) is 5.75 Å². The van der Waals surface area contributed by atoms with Gasteiger partial charge in [0.05, 0.1) is 5.69 Å². The molecule has 0 saturated heterocycles. The molecule has 72 valence electrons. The molecule has 0 amide bonds. The zero-order valence-corrected chi connectivity index (χ0v) is 8.56. The van der Waals surface area contributed by atoms with Crippen molar-refractivity contribution in [2.75, 3.05) is 7.05 Å². The fourth-order valence-electron chi connectivity index (χ4n) is 0.696. The number of aliphatic imine (C=N–C) groups is 1. The monoisotopic (exact) mass is 220 g/mol. The molecule has 0 radical (unpaired) electrons. The maximum atomic E-state index is 8.95. The Balaban J connectivity index is 0.00000144. The molecule has 0 fully saturated rings. The lowest BCUT2D eigenvalue weighted by Crippen LogP contribution is -2.09. The summed E-state index contributed by atoms with van der Waals surface area (Å²) >= 11 is 5.62. The van der Waals surface area contributed by atoms with E-state index in [9.17, 15) is 0 Å². The van der Waals surface area contributed by atoms with E-state index in [0.717, 1.165) is 0 Å². The first-order valence-electron chi connectivity index (χ1n) is 3.43. The Kier molecular flexibility index (Phi) is 5.26. The van der Waals surface area contributed by atoms with Gasteiger partial charge in [0.2, 0.25) is 0 Å². The predicted octanol–water partition coefficient (Wildman–Crippen LogP) is 2.26. The second kappa shape index (κ2) is 5.67. The van der Waals surface area contributed by atoms with Gasteiger partial charge in [0.25, 0.3) is 0 Å². The highest BCUT2D eigenvalue weighted by atomic mass is 35.5. The van der Waals surface area contributed by atoms with Crippen molar-refractivity contribution in [3.05, 3.63) is 24.3 Å². The average Bonchev–Trinajstić information content (AvgIpc) is 2.09. The molecule has 1 aromatic rings. The topological polar surface area (TPSA) is 44.6 Å². The van der Waals surface area contributed by atoms with Crippen molar-refractivity contribution in [1.82, 2.24) is 5.32 Å². The summed E-state index contributed by atoms with van der Waals surface area (Å²) in [4.78, 5) is 3.98. The average molecular weight is 221 g/mol. The first-order chi connectivity index (χ1) is 5.72. The highest BCUT2D eigenvalue weighted by Gasteiger charge is 1.91. The molecule has 5 heteroatoms. The summed E-state index contributed by atoms with van der Waals surface area (Å²) in [5, 5.41) is 12.0. The lowest BCUT2D eigenvalue weighted by atomic mass is 10.3. The summed E-state index contributed by atoms with van der Waals surface area (Å²) < 4.78 is 0. The van der Waals surface area contributed by atoms with Gasteiger partial charge in [-0.2, -0.15) is 0 Å². The van der Waals surface area contributed by atoms with Crippen LogP contribution in [0.15, 0.2) is 29.3 Å².